The molecule has 6 nitrogen and oxygen atoms in total. The quantitative estimate of drug-likeness (QED) is 0.416. The van der Waals surface area contributed by atoms with Gasteiger partial charge in [0.2, 0.25) is 5.13 Å². The fraction of sp³-hybridized carbons (Fsp3) is 0.0667. The summed E-state index contributed by atoms with van der Waals surface area (Å²) < 4.78 is 0. The normalized spacial score (nSPS) is 11.4. The number of hydrazone groups is 1. The van der Waals surface area contributed by atoms with Gasteiger partial charge in [-0.1, -0.05) is 18.2 Å². The number of anilines is 1. The first kappa shape index (κ1) is 15.3. The number of non-ortho nitro benzene ring substituents is 1. The molecule has 0 radical (unpaired) electrons. The van der Waals surface area contributed by atoms with Gasteiger partial charge in [-0.25, -0.2) is 4.98 Å². The monoisotopic (exact) mass is 344 g/mol. The Kier molecular flexibility index (Phi) is 4.45. The summed E-state index contributed by atoms with van der Waals surface area (Å²) in [5.41, 5.74) is 5.26. The van der Waals surface area contributed by atoms with E-state index in [0.29, 0.717) is 16.4 Å². The van der Waals surface area contributed by atoms with E-state index in [4.69, 9.17) is 0 Å². The van der Waals surface area contributed by atoms with Crippen molar-refractivity contribution in [3.8, 4) is 11.3 Å². The number of nitro groups is 1. The largest absolute Gasteiger partial charge is 0.270 e. The topological polar surface area (TPSA) is 80.4 Å². The van der Waals surface area contributed by atoms with Gasteiger partial charge in [0.1, 0.15) is 0 Å². The maximum Gasteiger partial charge on any atom is 0.270 e. The van der Waals surface area contributed by atoms with Crippen molar-refractivity contribution in [1.29, 1.82) is 0 Å². The van der Waals surface area contributed by atoms with Gasteiger partial charge in [0.15, 0.2) is 0 Å². The molecule has 3 aromatic rings. The molecule has 8 heteroatoms. The second-order valence-corrected chi connectivity index (χ2v) is 6.44. The molecule has 0 saturated heterocycles. The first-order valence-corrected chi connectivity index (χ1v) is 8.44. The Hall–Kier alpha value is -2.58. The first-order chi connectivity index (χ1) is 11.1. The molecule has 116 valence electrons. The number of nitro benzene ring substituents is 1. The molecule has 1 aromatic carbocycles. The minimum Gasteiger partial charge on any atom is -0.258 e. The number of aromatic nitrogens is 1. The molecule has 2 heterocycles. The van der Waals surface area contributed by atoms with Crippen LogP contribution in [0.2, 0.25) is 0 Å². The van der Waals surface area contributed by atoms with Crippen LogP contribution in [0.25, 0.3) is 11.3 Å². The molecule has 0 spiro atoms. The zero-order chi connectivity index (χ0) is 16.2. The molecule has 0 amide bonds. The zero-order valence-corrected chi connectivity index (χ0v) is 13.7. The van der Waals surface area contributed by atoms with Crippen molar-refractivity contribution in [3.63, 3.8) is 0 Å². The fourth-order valence-electron chi connectivity index (χ4n) is 1.91. The standard InChI is InChI=1S/C15H12N4O2S2/c1-10(14-6-3-7-22-14)17-18-15-16-13(9-23-15)11-4-2-5-12(8-11)19(20)21/h2-9H,1H3,(H,16,18). The van der Waals surface area contributed by atoms with Gasteiger partial charge in [-0.15, -0.1) is 22.7 Å². The van der Waals surface area contributed by atoms with E-state index >= 15 is 0 Å². The molecule has 0 bridgehead atoms. The van der Waals surface area contributed by atoms with Crippen LogP contribution in [0.1, 0.15) is 11.8 Å². The maximum absolute atomic E-state index is 10.8. The molecule has 0 aliphatic carbocycles. The van der Waals surface area contributed by atoms with Crippen molar-refractivity contribution in [2.24, 2.45) is 5.10 Å². The van der Waals surface area contributed by atoms with Crippen molar-refractivity contribution in [2.45, 2.75) is 6.92 Å². The molecule has 2 aromatic heterocycles. The number of rotatable bonds is 5. The van der Waals surface area contributed by atoms with Crippen LogP contribution < -0.4 is 5.43 Å². The van der Waals surface area contributed by atoms with Crippen LogP contribution in [0.5, 0.6) is 0 Å². The summed E-state index contributed by atoms with van der Waals surface area (Å²) in [5.74, 6) is 0. The molecule has 0 unspecified atom stereocenters. The Morgan fingerprint density at radius 2 is 2.17 bits per heavy atom. The molecule has 23 heavy (non-hydrogen) atoms. The summed E-state index contributed by atoms with van der Waals surface area (Å²) in [6, 6.07) is 10.4. The third-order valence-corrected chi connectivity index (χ3v) is 4.78. The lowest BCUT2D eigenvalue weighted by Gasteiger charge is -1.98. The van der Waals surface area contributed by atoms with Crippen molar-refractivity contribution in [2.75, 3.05) is 5.43 Å². The number of nitrogens with one attached hydrogen (secondary N) is 1. The predicted molar refractivity (Wildman–Crippen MR) is 94.4 cm³/mol. The fourth-order valence-corrected chi connectivity index (χ4v) is 3.25. The Labute approximate surface area is 140 Å². The van der Waals surface area contributed by atoms with Crippen molar-refractivity contribution in [1.82, 2.24) is 4.98 Å². The Morgan fingerprint density at radius 3 is 2.91 bits per heavy atom. The van der Waals surface area contributed by atoms with Crippen LogP contribution in [0.15, 0.2) is 52.3 Å². The van der Waals surface area contributed by atoms with Crippen LogP contribution in [0, 0.1) is 10.1 Å². The number of benzene rings is 1. The van der Waals surface area contributed by atoms with E-state index in [2.05, 4.69) is 15.5 Å². The minimum atomic E-state index is -0.413. The molecule has 0 fully saturated rings. The Morgan fingerprint density at radius 1 is 1.30 bits per heavy atom. The van der Waals surface area contributed by atoms with E-state index in [1.165, 1.54) is 23.5 Å². The third-order valence-electron chi connectivity index (χ3n) is 3.05. The predicted octanol–water partition coefficient (Wildman–Crippen LogP) is 4.62. The second-order valence-electron chi connectivity index (χ2n) is 4.63. The molecule has 3 rings (SSSR count). The highest BCUT2D eigenvalue weighted by atomic mass is 32.1. The number of hydrogen-bond acceptors (Lipinski definition) is 7. The molecule has 0 aliphatic heterocycles. The lowest BCUT2D eigenvalue weighted by Crippen LogP contribution is -1.97. The molecule has 0 saturated carbocycles. The maximum atomic E-state index is 10.8. The second kappa shape index (κ2) is 6.67. The summed E-state index contributed by atoms with van der Waals surface area (Å²) >= 11 is 3.02. The lowest BCUT2D eigenvalue weighted by molar-refractivity contribution is -0.384. The Balaban J connectivity index is 1.77. The van der Waals surface area contributed by atoms with Crippen molar-refractivity contribution < 1.29 is 4.92 Å². The van der Waals surface area contributed by atoms with Crippen LogP contribution in [-0.2, 0) is 0 Å². The van der Waals surface area contributed by atoms with Gasteiger partial charge in [0.05, 0.1) is 16.3 Å². The van der Waals surface area contributed by atoms with Gasteiger partial charge in [-0.05, 0) is 18.4 Å². The minimum absolute atomic E-state index is 0.0524. The van der Waals surface area contributed by atoms with Gasteiger partial charge < -0.3 is 0 Å². The highest BCUT2D eigenvalue weighted by Gasteiger charge is 2.10. The van der Waals surface area contributed by atoms with E-state index in [-0.39, 0.29) is 5.69 Å². The lowest BCUT2D eigenvalue weighted by atomic mass is 10.1. The molecular formula is C15H12N4O2S2. The number of nitrogens with zero attached hydrogens (tertiary/aromatic N) is 3. The highest BCUT2D eigenvalue weighted by molar-refractivity contribution is 7.14. The van der Waals surface area contributed by atoms with E-state index in [1.807, 2.05) is 29.8 Å². The van der Waals surface area contributed by atoms with Crippen LogP contribution in [0.4, 0.5) is 10.8 Å². The van der Waals surface area contributed by atoms with E-state index in [9.17, 15) is 10.1 Å². The average Bonchev–Trinajstić information content (AvgIpc) is 3.24. The summed E-state index contributed by atoms with van der Waals surface area (Å²) in [6.07, 6.45) is 0. The van der Waals surface area contributed by atoms with Crippen molar-refractivity contribution >= 4 is 39.2 Å². The number of thiophene rings is 1. The van der Waals surface area contributed by atoms with Crippen molar-refractivity contribution in [3.05, 3.63) is 62.1 Å². The van der Waals surface area contributed by atoms with Gasteiger partial charge in [0, 0.05) is 28.0 Å². The summed E-state index contributed by atoms with van der Waals surface area (Å²) in [6.45, 7) is 1.92. The summed E-state index contributed by atoms with van der Waals surface area (Å²) in [5, 5.41) is 19.6. The number of thiazole rings is 1. The number of hydrogen-bond donors (Lipinski definition) is 1. The van der Waals surface area contributed by atoms with Gasteiger partial charge in [-0.3, -0.25) is 15.5 Å². The van der Waals surface area contributed by atoms with Gasteiger partial charge in [-0.2, -0.15) is 5.10 Å². The summed E-state index contributed by atoms with van der Waals surface area (Å²) in [4.78, 5) is 15.9. The van der Waals surface area contributed by atoms with Gasteiger partial charge in [0.25, 0.3) is 5.69 Å². The van der Waals surface area contributed by atoms with E-state index in [0.717, 1.165) is 10.6 Å². The van der Waals surface area contributed by atoms with Crippen LogP contribution in [-0.4, -0.2) is 15.6 Å². The first-order valence-electron chi connectivity index (χ1n) is 6.68. The average molecular weight is 344 g/mol. The third kappa shape index (κ3) is 3.61. The highest BCUT2D eigenvalue weighted by Crippen LogP contribution is 2.27. The van der Waals surface area contributed by atoms with E-state index in [1.54, 1.807) is 23.5 Å². The molecule has 0 atom stereocenters. The molecular weight excluding hydrogens is 332 g/mol. The van der Waals surface area contributed by atoms with E-state index < -0.39 is 4.92 Å². The smallest absolute Gasteiger partial charge is 0.258 e. The molecule has 1 N–H and O–H groups in total. The van der Waals surface area contributed by atoms with Crippen LogP contribution >= 0.6 is 22.7 Å². The summed E-state index contributed by atoms with van der Waals surface area (Å²) in [7, 11) is 0. The molecule has 0 aliphatic rings. The SMILES string of the molecule is CC(=NNc1nc(-c2cccc([N+](=O)[O-])c2)cs1)c1cccs1. The zero-order valence-electron chi connectivity index (χ0n) is 12.1. The van der Waals surface area contributed by atoms with Crippen LogP contribution in [0.3, 0.4) is 0 Å². The van der Waals surface area contributed by atoms with Gasteiger partial charge >= 0.3 is 0 Å². The Bertz CT molecular complexity index is 856.